The van der Waals surface area contributed by atoms with Crippen molar-refractivity contribution in [2.24, 2.45) is 5.92 Å². The summed E-state index contributed by atoms with van der Waals surface area (Å²) < 4.78 is 0. The van der Waals surface area contributed by atoms with Crippen LogP contribution >= 0.6 is 0 Å². The van der Waals surface area contributed by atoms with Gasteiger partial charge in [-0.25, -0.2) is 0 Å². The van der Waals surface area contributed by atoms with Crippen LogP contribution in [-0.4, -0.2) is 40.9 Å². The fraction of sp³-hybridized carbons (Fsp3) is 0.500. The van der Waals surface area contributed by atoms with E-state index in [0.717, 1.165) is 25.9 Å². The van der Waals surface area contributed by atoms with Crippen molar-refractivity contribution in [2.45, 2.75) is 32.3 Å². The maximum absolute atomic E-state index is 12.1. The lowest BCUT2D eigenvalue weighted by Crippen LogP contribution is -2.41. The lowest BCUT2D eigenvalue weighted by atomic mass is 9.94. The fourth-order valence-electron chi connectivity index (χ4n) is 2.51. The molecule has 2 atom stereocenters. The predicted octanol–water partition coefficient (Wildman–Crippen LogP) is 1.88. The Kier molecular flexibility index (Phi) is 4.90. The van der Waals surface area contributed by atoms with E-state index in [1.54, 1.807) is 24.0 Å². The molecule has 0 saturated carbocycles. The molecule has 4 nitrogen and oxygen atoms in total. The van der Waals surface area contributed by atoms with Crippen LogP contribution in [0.1, 0.15) is 36.5 Å². The third-order valence-electron chi connectivity index (χ3n) is 3.81. The van der Waals surface area contributed by atoms with E-state index in [1.807, 2.05) is 18.2 Å². The monoisotopic (exact) mass is 275 g/mol. The van der Waals surface area contributed by atoms with Gasteiger partial charge in [0.2, 0.25) is 0 Å². The van der Waals surface area contributed by atoms with Crippen LogP contribution in [0.25, 0.3) is 0 Å². The van der Waals surface area contributed by atoms with E-state index in [-0.39, 0.29) is 24.0 Å². The number of ketones is 1. The Bertz CT molecular complexity index is 466. The van der Waals surface area contributed by atoms with Crippen molar-refractivity contribution in [2.75, 3.05) is 13.1 Å². The van der Waals surface area contributed by atoms with Crippen molar-refractivity contribution in [1.29, 1.82) is 0 Å². The molecule has 0 spiro atoms. The average Bonchev–Trinajstić information content (AvgIpc) is 3.00. The summed E-state index contributed by atoms with van der Waals surface area (Å²) in [5.74, 6) is -0.641. The number of hydrogen-bond donors (Lipinski definition) is 1. The van der Waals surface area contributed by atoms with Crippen molar-refractivity contribution >= 4 is 11.7 Å². The van der Waals surface area contributed by atoms with E-state index in [2.05, 4.69) is 0 Å². The van der Waals surface area contributed by atoms with E-state index in [9.17, 15) is 14.7 Å². The highest BCUT2D eigenvalue weighted by Gasteiger charge is 2.30. The SMILES string of the molecule is CC(CC(=O)c1ccccc1)C(O)C(=O)N1CCCC1. The quantitative estimate of drug-likeness (QED) is 0.835. The molecule has 4 heteroatoms. The summed E-state index contributed by atoms with van der Waals surface area (Å²) in [6, 6.07) is 8.98. The lowest BCUT2D eigenvalue weighted by molar-refractivity contribution is -0.141. The second-order valence-electron chi connectivity index (χ2n) is 5.45. The number of nitrogens with zero attached hydrogens (tertiary/aromatic N) is 1. The number of hydrogen-bond acceptors (Lipinski definition) is 3. The van der Waals surface area contributed by atoms with Crippen molar-refractivity contribution in [3.8, 4) is 0 Å². The van der Waals surface area contributed by atoms with Gasteiger partial charge in [0.25, 0.3) is 5.91 Å². The van der Waals surface area contributed by atoms with E-state index in [0.29, 0.717) is 5.56 Å². The molecule has 0 bridgehead atoms. The summed E-state index contributed by atoms with van der Waals surface area (Å²) in [6.45, 7) is 3.18. The summed E-state index contributed by atoms with van der Waals surface area (Å²) in [5, 5.41) is 10.1. The second kappa shape index (κ2) is 6.66. The molecule has 1 aliphatic heterocycles. The van der Waals surface area contributed by atoms with Crippen LogP contribution in [0.3, 0.4) is 0 Å². The van der Waals surface area contributed by atoms with Gasteiger partial charge >= 0.3 is 0 Å². The Labute approximate surface area is 119 Å². The van der Waals surface area contributed by atoms with Crippen LogP contribution in [0.5, 0.6) is 0 Å². The molecule has 2 rings (SSSR count). The Morgan fingerprint density at radius 3 is 2.40 bits per heavy atom. The van der Waals surface area contributed by atoms with Crippen LogP contribution in [-0.2, 0) is 4.79 Å². The Morgan fingerprint density at radius 1 is 1.20 bits per heavy atom. The summed E-state index contributed by atoms with van der Waals surface area (Å²) in [5.41, 5.74) is 0.625. The molecular formula is C16H21NO3. The van der Waals surface area contributed by atoms with Gasteiger partial charge in [0, 0.05) is 25.1 Å². The number of Topliss-reactive ketones (excluding diaryl/α,β-unsaturated/α-hetero) is 1. The van der Waals surface area contributed by atoms with Gasteiger partial charge < -0.3 is 10.0 Å². The summed E-state index contributed by atoms with van der Waals surface area (Å²) in [7, 11) is 0. The number of rotatable bonds is 5. The molecule has 1 amide bonds. The zero-order valence-electron chi connectivity index (χ0n) is 11.8. The molecule has 0 radical (unpaired) electrons. The molecule has 1 fully saturated rings. The number of aliphatic hydroxyl groups excluding tert-OH is 1. The Balaban J connectivity index is 1.92. The molecule has 20 heavy (non-hydrogen) atoms. The smallest absolute Gasteiger partial charge is 0.251 e. The van der Waals surface area contributed by atoms with Crippen molar-refractivity contribution < 1.29 is 14.7 Å². The van der Waals surface area contributed by atoms with Gasteiger partial charge in [-0.05, 0) is 18.8 Å². The van der Waals surface area contributed by atoms with Crippen LogP contribution in [0.4, 0.5) is 0 Å². The molecular weight excluding hydrogens is 254 g/mol. The van der Waals surface area contributed by atoms with E-state index >= 15 is 0 Å². The minimum Gasteiger partial charge on any atom is -0.383 e. The summed E-state index contributed by atoms with van der Waals surface area (Å²) >= 11 is 0. The molecule has 1 aromatic rings. The number of aliphatic hydroxyl groups is 1. The van der Waals surface area contributed by atoms with Gasteiger partial charge in [-0.2, -0.15) is 0 Å². The number of benzene rings is 1. The normalized spacial score (nSPS) is 17.8. The molecule has 0 aliphatic carbocycles. The highest BCUT2D eigenvalue weighted by atomic mass is 16.3. The number of likely N-dealkylation sites (tertiary alicyclic amines) is 1. The summed E-state index contributed by atoms with van der Waals surface area (Å²) in [6.07, 6.45) is 1.09. The highest BCUT2D eigenvalue weighted by molar-refractivity contribution is 5.96. The topological polar surface area (TPSA) is 57.6 Å². The van der Waals surface area contributed by atoms with Gasteiger partial charge in [0.1, 0.15) is 6.10 Å². The first-order chi connectivity index (χ1) is 9.59. The average molecular weight is 275 g/mol. The van der Waals surface area contributed by atoms with Crippen LogP contribution < -0.4 is 0 Å². The zero-order chi connectivity index (χ0) is 14.5. The minimum absolute atomic E-state index is 0.0358. The third-order valence-corrected chi connectivity index (χ3v) is 3.81. The van der Waals surface area contributed by atoms with Crippen LogP contribution in [0.2, 0.25) is 0 Å². The number of amides is 1. The third kappa shape index (κ3) is 3.45. The molecule has 1 aliphatic rings. The first-order valence-electron chi connectivity index (χ1n) is 7.14. The Morgan fingerprint density at radius 2 is 1.80 bits per heavy atom. The number of carbonyl (C=O) groups excluding carboxylic acids is 2. The first-order valence-corrected chi connectivity index (χ1v) is 7.14. The van der Waals surface area contributed by atoms with E-state index in [1.165, 1.54) is 0 Å². The zero-order valence-corrected chi connectivity index (χ0v) is 11.8. The van der Waals surface area contributed by atoms with Gasteiger partial charge in [0.15, 0.2) is 5.78 Å². The lowest BCUT2D eigenvalue weighted by Gasteiger charge is -2.23. The predicted molar refractivity (Wildman–Crippen MR) is 76.4 cm³/mol. The van der Waals surface area contributed by atoms with Gasteiger partial charge in [-0.3, -0.25) is 9.59 Å². The second-order valence-corrected chi connectivity index (χ2v) is 5.45. The van der Waals surface area contributed by atoms with E-state index < -0.39 is 6.10 Å². The first kappa shape index (κ1) is 14.7. The molecule has 1 aromatic carbocycles. The molecule has 1 N–H and O–H groups in total. The number of carbonyl (C=O) groups is 2. The van der Waals surface area contributed by atoms with E-state index in [4.69, 9.17) is 0 Å². The standard InChI is InChI=1S/C16H21NO3/c1-12(11-14(18)13-7-3-2-4-8-13)15(19)16(20)17-9-5-6-10-17/h2-4,7-8,12,15,19H,5-6,9-11H2,1H3. The molecule has 0 aromatic heterocycles. The molecule has 108 valence electrons. The van der Waals surface area contributed by atoms with Crippen molar-refractivity contribution in [3.63, 3.8) is 0 Å². The van der Waals surface area contributed by atoms with Crippen molar-refractivity contribution in [3.05, 3.63) is 35.9 Å². The minimum atomic E-state index is -1.08. The van der Waals surface area contributed by atoms with Gasteiger partial charge in [0.05, 0.1) is 0 Å². The van der Waals surface area contributed by atoms with Crippen LogP contribution in [0, 0.1) is 5.92 Å². The fourth-order valence-corrected chi connectivity index (χ4v) is 2.51. The molecule has 1 saturated heterocycles. The molecule has 1 heterocycles. The van der Waals surface area contributed by atoms with Crippen LogP contribution in [0.15, 0.2) is 30.3 Å². The maximum atomic E-state index is 12.1. The maximum Gasteiger partial charge on any atom is 0.251 e. The summed E-state index contributed by atoms with van der Waals surface area (Å²) in [4.78, 5) is 25.8. The van der Waals surface area contributed by atoms with Gasteiger partial charge in [-0.15, -0.1) is 0 Å². The largest absolute Gasteiger partial charge is 0.383 e. The molecule has 2 unspecified atom stereocenters. The highest BCUT2D eigenvalue weighted by Crippen LogP contribution is 2.17. The van der Waals surface area contributed by atoms with Crippen molar-refractivity contribution in [1.82, 2.24) is 4.90 Å². The Hall–Kier alpha value is -1.68. The van der Waals surface area contributed by atoms with Gasteiger partial charge in [-0.1, -0.05) is 37.3 Å².